The molecule has 3 rings (SSSR count). The molecule has 2 nitrogen and oxygen atoms in total. The monoisotopic (exact) mass is 257 g/mol. The summed E-state index contributed by atoms with van der Waals surface area (Å²) in [6.45, 7) is 2.31. The zero-order valence-electron chi connectivity index (χ0n) is 11.9. The van der Waals surface area contributed by atoms with E-state index >= 15 is 0 Å². The van der Waals surface area contributed by atoms with Gasteiger partial charge in [0.05, 0.1) is 7.11 Å². The van der Waals surface area contributed by atoms with E-state index in [0.29, 0.717) is 12.1 Å². The molecule has 0 bridgehead atoms. The lowest BCUT2D eigenvalue weighted by Gasteiger charge is -2.36. The van der Waals surface area contributed by atoms with Crippen molar-refractivity contribution in [2.45, 2.75) is 51.1 Å². The van der Waals surface area contributed by atoms with Crippen LogP contribution in [0.2, 0.25) is 0 Å². The van der Waals surface area contributed by atoms with E-state index in [1.54, 1.807) is 18.3 Å². The Kier molecular flexibility index (Phi) is 3.61. The zero-order chi connectivity index (χ0) is 13.2. The molecule has 0 fully saturated rings. The van der Waals surface area contributed by atoms with Crippen molar-refractivity contribution in [1.29, 1.82) is 0 Å². The Hall–Kier alpha value is -1.28. The van der Waals surface area contributed by atoms with Gasteiger partial charge in [-0.3, -0.25) is 0 Å². The van der Waals surface area contributed by atoms with Gasteiger partial charge in [0, 0.05) is 12.1 Å². The number of nitrogens with one attached hydrogen (secondary N) is 1. The van der Waals surface area contributed by atoms with Crippen LogP contribution in [0.15, 0.2) is 35.4 Å². The molecule has 1 aliphatic heterocycles. The fraction of sp³-hybridized carbons (Fsp3) is 0.529. The fourth-order valence-electron chi connectivity index (χ4n) is 3.53. The van der Waals surface area contributed by atoms with Gasteiger partial charge in [-0.05, 0) is 56.7 Å². The maximum Gasteiger partial charge on any atom is 0.119 e. The summed E-state index contributed by atoms with van der Waals surface area (Å²) in [5, 5.41) is 3.77. The maximum absolute atomic E-state index is 5.34. The predicted molar refractivity (Wildman–Crippen MR) is 78.4 cm³/mol. The molecule has 102 valence electrons. The molecule has 0 aromatic heterocycles. The summed E-state index contributed by atoms with van der Waals surface area (Å²) in [7, 11) is 1.73. The van der Waals surface area contributed by atoms with Crippen LogP contribution >= 0.6 is 0 Å². The molecule has 1 N–H and O–H groups in total. The van der Waals surface area contributed by atoms with Crippen LogP contribution in [-0.2, 0) is 0 Å². The van der Waals surface area contributed by atoms with Crippen molar-refractivity contribution in [2.75, 3.05) is 7.11 Å². The van der Waals surface area contributed by atoms with Gasteiger partial charge in [0.15, 0.2) is 0 Å². The van der Waals surface area contributed by atoms with Gasteiger partial charge >= 0.3 is 0 Å². The molecule has 0 amide bonds. The summed E-state index contributed by atoms with van der Waals surface area (Å²) >= 11 is 0. The average molecular weight is 257 g/mol. The second kappa shape index (κ2) is 5.38. The van der Waals surface area contributed by atoms with Gasteiger partial charge in [-0.2, -0.15) is 0 Å². The Balaban J connectivity index is 1.85. The van der Waals surface area contributed by atoms with Gasteiger partial charge in [-0.15, -0.1) is 0 Å². The van der Waals surface area contributed by atoms with E-state index in [-0.39, 0.29) is 0 Å². The van der Waals surface area contributed by atoms with Crippen LogP contribution in [0.3, 0.4) is 0 Å². The smallest absolute Gasteiger partial charge is 0.119 e. The van der Waals surface area contributed by atoms with Crippen molar-refractivity contribution >= 4 is 0 Å². The van der Waals surface area contributed by atoms with Crippen LogP contribution in [0.25, 0.3) is 0 Å². The Labute approximate surface area is 115 Å². The lowest BCUT2D eigenvalue weighted by Crippen LogP contribution is -2.37. The molecule has 1 aromatic rings. The van der Waals surface area contributed by atoms with E-state index in [0.717, 1.165) is 5.75 Å². The molecular weight excluding hydrogens is 234 g/mol. The Morgan fingerprint density at radius 2 is 2.05 bits per heavy atom. The molecule has 1 aliphatic carbocycles. The van der Waals surface area contributed by atoms with Gasteiger partial charge in [0.1, 0.15) is 5.75 Å². The number of rotatable bonds is 2. The SMILES string of the molecule is COc1cccc([C@@H]2CC3=C(CCCC3)C(C)N2)c1. The molecule has 0 radical (unpaired) electrons. The molecule has 0 spiro atoms. The van der Waals surface area contributed by atoms with Crippen molar-refractivity contribution in [3.05, 3.63) is 41.0 Å². The number of ether oxygens (including phenoxy) is 1. The third-order valence-corrected chi connectivity index (χ3v) is 4.55. The van der Waals surface area contributed by atoms with Crippen molar-refractivity contribution in [3.63, 3.8) is 0 Å². The Morgan fingerprint density at radius 1 is 1.21 bits per heavy atom. The highest BCUT2D eigenvalue weighted by atomic mass is 16.5. The van der Waals surface area contributed by atoms with E-state index in [4.69, 9.17) is 4.74 Å². The van der Waals surface area contributed by atoms with Gasteiger partial charge in [-0.25, -0.2) is 0 Å². The molecule has 0 saturated carbocycles. The fourth-order valence-corrected chi connectivity index (χ4v) is 3.53. The Morgan fingerprint density at radius 3 is 2.89 bits per heavy atom. The van der Waals surface area contributed by atoms with Gasteiger partial charge in [-0.1, -0.05) is 23.3 Å². The number of hydrogen-bond donors (Lipinski definition) is 1. The van der Waals surface area contributed by atoms with Crippen LogP contribution in [-0.4, -0.2) is 13.2 Å². The van der Waals surface area contributed by atoms with E-state index in [1.807, 2.05) is 6.07 Å². The summed E-state index contributed by atoms with van der Waals surface area (Å²) in [5.74, 6) is 0.954. The first-order valence-corrected chi connectivity index (χ1v) is 7.38. The Bertz CT molecular complexity index is 492. The van der Waals surface area contributed by atoms with Crippen molar-refractivity contribution < 1.29 is 4.74 Å². The van der Waals surface area contributed by atoms with Gasteiger partial charge in [0.2, 0.25) is 0 Å². The number of hydrogen-bond acceptors (Lipinski definition) is 2. The topological polar surface area (TPSA) is 21.3 Å². The third-order valence-electron chi connectivity index (χ3n) is 4.55. The molecular formula is C17H23NO. The zero-order valence-corrected chi connectivity index (χ0v) is 11.9. The largest absolute Gasteiger partial charge is 0.497 e. The molecule has 1 aromatic carbocycles. The molecule has 2 heteroatoms. The highest BCUT2D eigenvalue weighted by Crippen LogP contribution is 2.38. The minimum Gasteiger partial charge on any atom is -0.497 e. The number of methoxy groups -OCH3 is 1. The van der Waals surface area contributed by atoms with Crippen LogP contribution in [0.1, 0.15) is 50.6 Å². The maximum atomic E-state index is 5.34. The highest BCUT2D eigenvalue weighted by molar-refractivity contribution is 5.35. The summed E-state index contributed by atoms with van der Waals surface area (Å²) in [5.41, 5.74) is 4.75. The minimum atomic E-state index is 0.446. The minimum absolute atomic E-state index is 0.446. The van der Waals surface area contributed by atoms with E-state index in [9.17, 15) is 0 Å². The van der Waals surface area contributed by atoms with Crippen LogP contribution in [0.4, 0.5) is 0 Å². The van der Waals surface area contributed by atoms with Crippen LogP contribution < -0.4 is 10.1 Å². The molecule has 2 aliphatic rings. The van der Waals surface area contributed by atoms with Gasteiger partial charge in [0.25, 0.3) is 0 Å². The highest BCUT2D eigenvalue weighted by Gasteiger charge is 2.27. The third kappa shape index (κ3) is 2.55. The summed E-state index contributed by atoms with van der Waals surface area (Å²) in [6, 6.07) is 9.45. The molecule has 0 saturated heterocycles. The van der Waals surface area contributed by atoms with E-state index < -0.39 is 0 Å². The first-order valence-electron chi connectivity index (χ1n) is 7.38. The second-order valence-electron chi connectivity index (χ2n) is 5.76. The molecule has 19 heavy (non-hydrogen) atoms. The van der Waals surface area contributed by atoms with Crippen molar-refractivity contribution in [2.24, 2.45) is 0 Å². The summed E-state index contributed by atoms with van der Waals surface area (Å²) in [4.78, 5) is 0. The van der Waals surface area contributed by atoms with Gasteiger partial charge < -0.3 is 10.1 Å². The van der Waals surface area contributed by atoms with E-state index in [1.165, 1.54) is 37.7 Å². The standard InChI is InChI=1S/C17H23NO/c1-12-16-9-4-3-6-13(16)11-17(18-12)14-7-5-8-15(10-14)19-2/h5,7-8,10,12,17-18H,3-4,6,9,11H2,1-2H3/t12?,17-/m0/s1. The number of benzene rings is 1. The summed E-state index contributed by atoms with van der Waals surface area (Å²) < 4.78 is 5.34. The first-order chi connectivity index (χ1) is 9.28. The molecule has 1 unspecified atom stereocenters. The quantitative estimate of drug-likeness (QED) is 0.809. The predicted octanol–water partition coefficient (Wildman–Crippen LogP) is 3.99. The molecule has 1 heterocycles. The van der Waals surface area contributed by atoms with E-state index in [2.05, 4.69) is 30.4 Å². The molecule has 2 atom stereocenters. The van der Waals surface area contributed by atoms with Crippen LogP contribution in [0.5, 0.6) is 5.75 Å². The average Bonchev–Trinajstić information content (AvgIpc) is 2.47. The van der Waals surface area contributed by atoms with Crippen molar-refractivity contribution in [1.82, 2.24) is 5.32 Å². The lowest BCUT2D eigenvalue weighted by atomic mass is 9.80. The summed E-state index contributed by atoms with van der Waals surface area (Å²) in [6.07, 6.45) is 6.52. The van der Waals surface area contributed by atoms with Crippen molar-refractivity contribution in [3.8, 4) is 5.75 Å². The lowest BCUT2D eigenvalue weighted by molar-refractivity contribution is 0.403. The van der Waals surface area contributed by atoms with Crippen LogP contribution in [0, 0.1) is 0 Å². The normalized spacial score (nSPS) is 27.1. The first kappa shape index (κ1) is 12.7. The second-order valence-corrected chi connectivity index (χ2v) is 5.76.